The van der Waals surface area contributed by atoms with Crippen LogP contribution < -0.4 is 5.32 Å². The molecule has 4 nitrogen and oxygen atoms in total. The summed E-state index contributed by atoms with van der Waals surface area (Å²) in [7, 11) is 0. The standard InChI is InChI=1S/C53H103NO3/c1-3-5-7-9-11-13-15-17-19-21-22-23-24-25-26-27-28-29-30-31-32-33-34-36-38-40-42-44-46-48-52(56)51(50-55)54-53(57)49-47-45-43-41-39-37-35-20-18-16-14-12-10-8-6-4-2/h38,40,46,48,51-52,55-56H,3-37,39,41-45,47,49-50H2,1-2H3,(H,54,57)/b40-38+,48-46+. The lowest BCUT2D eigenvalue weighted by Crippen LogP contribution is -2.45. The Morgan fingerprint density at radius 3 is 1.02 bits per heavy atom. The van der Waals surface area contributed by atoms with Crippen molar-refractivity contribution in [1.29, 1.82) is 0 Å². The molecule has 0 aromatic heterocycles. The SMILES string of the molecule is CCCCCCCCCCCCCCCCCCCCCCCCC/C=C/CC/C=C/C(O)C(CO)NC(=O)CCCCCCCCCCCCCCCCCC. The second kappa shape index (κ2) is 49.2. The summed E-state index contributed by atoms with van der Waals surface area (Å²) in [5.74, 6) is -0.0691. The van der Waals surface area contributed by atoms with E-state index in [-0.39, 0.29) is 12.5 Å². The molecular weight excluding hydrogens is 699 g/mol. The molecular formula is C53H103NO3. The van der Waals surface area contributed by atoms with Crippen molar-refractivity contribution in [3.05, 3.63) is 24.3 Å². The highest BCUT2D eigenvalue weighted by molar-refractivity contribution is 5.76. The van der Waals surface area contributed by atoms with Gasteiger partial charge >= 0.3 is 0 Å². The van der Waals surface area contributed by atoms with E-state index in [9.17, 15) is 15.0 Å². The van der Waals surface area contributed by atoms with Crippen LogP contribution >= 0.6 is 0 Å². The van der Waals surface area contributed by atoms with E-state index in [1.54, 1.807) is 6.08 Å². The van der Waals surface area contributed by atoms with Crippen LogP contribution in [0.4, 0.5) is 0 Å². The van der Waals surface area contributed by atoms with E-state index in [0.717, 1.165) is 32.1 Å². The Balaban J connectivity index is 3.50. The molecule has 0 saturated heterocycles. The summed E-state index contributed by atoms with van der Waals surface area (Å²) in [6, 6.07) is -0.635. The highest BCUT2D eigenvalue weighted by atomic mass is 16.3. The monoisotopic (exact) mass is 802 g/mol. The van der Waals surface area contributed by atoms with Crippen molar-refractivity contribution in [2.75, 3.05) is 6.61 Å². The zero-order valence-corrected chi connectivity index (χ0v) is 38.9. The van der Waals surface area contributed by atoms with Gasteiger partial charge in [0, 0.05) is 6.42 Å². The van der Waals surface area contributed by atoms with Gasteiger partial charge in [0.15, 0.2) is 0 Å². The molecule has 2 unspecified atom stereocenters. The van der Waals surface area contributed by atoms with Crippen LogP contribution in [0.3, 0.4) is 0 Å². The van der Waals surface area contributed by atoms with Crippen molar-refractivity contribution < 1.29 is 15.0 Å². The first-order valence-electron chi connectivity index (χ1n) is 26.1. The summed E-state index contributed by atoms with van der Waals surface area (Å²) in [5.41, 5.74) is 0. The highest BCUT2D eigenvalue weighted by Crippen LogP contribution is 2.17. The number of hydrogen-bond donors (Lipinski definition) is 3. The third kappa shape index (κ3) is 45.8. The maximum atomic E-state index is 12.4. The fourth-order valence-electron chi connectivity index (χ4n) is 8.20. The number of carbonyl (C=O) groups excluding carboxylic acids is 1. The van der Waals surface area contributed by atoms with Gasteiger partial charge in [-0.05, 0) is 32.1 Å². The lowest BCUT2D eigenvalue weighted by atomic mass is 10.0. The molecule has 0 aliphatic heterocycles. The van der Waals surface area contributed by atoms with E-state index in [2.05, 4.69) is 31.3 Å². The molecule has 0 rings (SSSR count). The van der Waals surface area contributed by atoms with Crippen LogP contribution in [-0.4, -0.2) is 34.9 Å². The number of unbranched alkanes of at least 4 members (excludes halogenated alkanes) is 39. The number of carbonyl (C=O) groups is 1. The van der Waals surface area contributed by atoms with Crippen molar-refractivity contribution in [3.8, 4) is 0 Å². The molecule has 1 amide bonds. The minimum atomic E-state index is -0.859. The number of allylic oxidation sites excluding steroid dienone is 3. The molecule has 3 N–H and O–H groups in total. The number of rotatable bonds is 48. The molecule has 0 aromatic carbocycles. The highest BCUT2D eigenvalue weighted by Gasteiger charge is 2.17. The Labute approximate surface area is 358 Å². The van der Waals surface area contributed by atoms with E-state index in [4.69, 9.17) is 0 Å². The van der Waals surface area contributed by atoms with Crippen LogP contribution in [0.15, 0.2) is 24.3 Å². The predicted molar refractivity (Wildman–Crippen MR) is 253 cm³/mol. The van der Waals surface area contributed by atoms with Crippen LogP contribution in [0.5, 0.6) is 0 Å². The molecule has 0 spiro atoms. The van der Waals surface area contributed by atoms with Crippen LogP contribution in [0, 0.1) is 0 Å². The van der Waals surface area contributed by atoms with E-state index in [1.807, 2.05) is 6.08 Å². The van der Waals surface area contributed by atoms with Crippen molar-refractivity contribution in [2.24, 2.45) is 0 Å². The first kappa shape index (κ1) is 55.9. The van der Waals surface area contributed by atoms with Gasteiger partial charge in [-0.3, -0.25) is 4.79 Å². The van der Waals surface area contributed by atoms with Crippen LogP contribution in [0.2, 0.25) is 0 Å². The van der Waals surface area contributed by atoms with Crippen molar-refractivity contribution in [1.82, 2.24) is 5.32 Å². The topological polar surface area (TPSA) is 69.6 Å². The van der Waals surface area contributed by atoms with Crippen molar-refractivity contribution in [2.45, 2.75) is 302 Å². The molecule has 0 aliphatic carbocycles. The first-order valence-corrected chi connectivity index (χ1v) is 26.1. The molecule has 2 atom stereocenters. The third-order valence-electron chi connectivity index (χ3n) is 12.2. The largest absolute Gasteiger partial charge is 0.394 e. The van der Waals surface area contributed by atoms with E-state index in [1.165, 1.54) is 238 Å². The Hall–Kier alpha value is -1.13. The number of aliphatic hydroxyl groups is 2. The third-order valence-corrected chi connectivity index (χ3v) is 12.2. The number of amides is 1. The maximum Gasteiger partial charge on any atom is 0.220 e. The van der Waals surface area contributed by atoms with Gasteiger partial charge in [0.1, 0.15) is 0 Å². The van der Waals surface area contributed by atoms with Gasteiger partial charge in [-0.15, -0.1) is 0 Å². The second-order valence-electron chi connectivity index (χ2n) is 17.9. The fraction of sp³-hybridized carbons (Fsp3) is 0.906. The molecule has 0 radical (unpaired) electrons. The normalized spacial score (nSPS) is 13.0. The zero-order valence-electron chi connectivity index (χ0n) is 38.9. The summed E-state index contributed by atoms with van der Waals surface area (Å²) in [4.78, 5) is 12.4. The Bertz CT molecular complexity index is 825. The molecule has 4 heteroatoms. The lowest BCUT2D eigenvalue weighted by molar-refractivity contribution is -0.123. The second-order valence-corrected chi connectivity index (χ2v) is 17.9. The van der Waals surface area contributed by atoms with Gasteiger partial charge in [-0.25, -0.2) is 0 Å². The zero-order chi connectivity index (χ0) is 41.4. The minimum Gasteiger partial charge on any atom is -0.394 e. The average Bonchev–Trinajstić information content (AvgIpc) is 3.22. The number of nitrogens with one attached hydrogen (secondary N) is 1. The molecule has 0 bridgehead atoms. The maximum absolute atomic E-state index is 12.4. The van der Waals surface area contributed by atoms with Crippen LogP contribution in [0.25, 0.3) is 0 Å². The molecule has 57 heavy (non-hydrogen) atoms. The summed E-state index contributed by atoms with van der Waals surface area (Å²) in [6.07, 6.45) is 64.7. The average molecular weight is 802 g/mol. The lowest BCUT2D eigenvalue weighted by Gasteiger charge is -2.19. The smallest absolute Gasteiger partial charge is 0.220 e. The summed E-state index contributed by atoms with van der Waals surface area (Å²) < 4.78 is 0. The van der Waals surface area contributed by atoms with Crippen molar-refractivity contribution >= 4 is 5.91 Å². The first-order chi connectivity index (χ1) is 28.2. The van der Waals surface area contributed by atoms with E-state index >= 15 is 0 Å². The molecule has 338 valence electrons. The summed E-state index contributed by atoms with van der Waals surface area (Å²) in [6.45, 7) is 4.33. The van der Waals surface area contributed by atoms with Gasteiger partial charge in [0.25, 0.3) is 0 Å². The van der Waals surface area contributed by atoms with Crippen molar-refractivity contribution in [3.63, 3.8) is 0 Å². The molecule has 0 aliphatic rings. The van der Waals surface area contributed by atoms with Crippen LogP contribution in [0.1, 0.15) is 290 Å². The summed E-state index contributed by atoms with van der Waals surface area (Å²) >= 11 is 0. The van der Waals surface area contributed by atoms with Gasteiger partial charge in [-0.1, -0.05) is 276 Å². The quantitative estimate of drug-likeness (QED) is 0.0424. The van der Waals surface area contributed by atoms with E-state index < -0.39 is 12.1 Å². The minimum absolute atomic E-state index is 0.0691. The Kier molecular flexibility index (Phi) is 48.3. The summed E-state index contributed by atoms with van der Waals surface area (Å²) in [5, 5.41) is 23.1. The Morgan fingerprint density at radius 2 is 0.684 bits per heavy atom. The van der Waals surface area contributed by atoms with Gasteiger partial charge in [0.2, 0.25) is 5.91 Å². The van der Waals surface area contributed by atoms with Crippen LogP contribution in [-0.2, 0) is 4.79 Å². The number of hydrogen-bond acceptors (Lipinski definition) is 3. The van der Waals surface area contributed by atoms with Gasteiger partial charge in [-0.2, -0.15) is 0 Å². The molecule has 0 saturated carbocycles. The Morgan fingerprint density at radius 1 is 0.404 bits per heavy atom. The molecule has 0 heterocycles. The number of aliphatic hydroxyl groups excluding tert-OH is 2. The van der Waals surface area contributed by atoms with Gasteiger partial charge < -0.3 is 15.5 Å². The van der Waals surface area contributed by atoms with Gasteiger partial charge in [0.05, 0.1) is 18.8 Å². The molecule has 0 fully saturated rings. The molecule has 0 aromatic rings. The predicted octanol–water partition coefficient (Wildman–Crippen LogP) is 16.8. The fourth-order valence-corrected chi connectivity index (χ4v) is 8.20. The van der Waals surface area contributed by atoms with E-state index in [0.29, 0.717) is 6.42 Å².